The fourth-order valence-corrected chi connectivity index (χ4v) is 6.75. The maximum Gasteiger partial charge on any atom is 0.131 e. The minimum Gasteiger partial charge on any atom is -0.482 e. The summed E-state index contributed by atoms with van der Waals surface area (Å²) < 4.78 is 13.0. The quantitative estimate of drug-likeness (QED) is 0.184. The Balaban J connectivity index is 1.47. The van der Waals surface area contributed by atoms with Gasteiger partial charge in [-0.25, -0.2) is 0 Å². The lowest BCUT2D eigenvalue weighted by Crippen LogP contribution is -2.37. The second kappa shape index (κ2) is 11.9. The first-order chi connectivity index (χ1) is 22.3. The number of para-hydroxylation sites is 1. The van der Waals surface area contributed by atoms with Gasteiger partial charge in [0.2, 0.25) is 0 Å². The van der Waals surface area contributed by atoms with Crippen molar-refractivity contribution in [3.05, 3.63) is 163 Å². The van der Waals surface area contributed by atoms with Gasteiger partial charge in [0.1, 0.15) is 17.1 Å². The fraction of sp³-hybridized carbons (Fsp3) is 0.136. The molecule has 1 heterocycles. The molecule has 1 aliphatic rings. The van der Waals surface area contributed by atoms with E-state index >= 15 is 0 Å². The van der Waals surface area contributed by atoms with E-state index in [0.29, 0.717) is 5.76 Å². The van der Waals surface area contributed by atoms with E-state index < -0.39 is 5.60 Å². The number of aryl methyl sites for hydroxylation is 1. The lowest BCUT2D eigenvalue weighted by Gasteiger charge is -2.35. The summed E-state index contributed by atoms with van der Waals surface area (Å²) in [6.45, 7) is 12.5. The van der Waals surface area contributed by atoms with Crippen LogP contribution in [0.5, 0.6) is 5.75 Å². The SMILES string of the molecule is C=C1/C=C\[C@](C)(Oc2c(C)cccc2-c2c3ccccc3c(-c3cccc(-c4ccccc4)c3)c3ccccc23)C(C)C=C(C)O1. The second-order valence-corrected chi connectivity index (χ2v) is 12.5. The minimum absolute atomic E-state index is 0.0528. The summed E-state index contributed by atoms with van der Waals surface area (Å²) in [6, 6.07) is 43.6. The lowest BCUT2D eigenvalue weighted by molar-refractivity contribution is 0.0979. The van der Waals surface area contributed by atoms with Gasteiger partial charge in [0, 0.05) is 17.0 Å². The van der Waals surface area contributed by atoms with Crippen molar-refractivity contribution in [3.8, 4) is 39.1 Å². The zero-order valence-electron chi connectivity index (χ0n) is 26.9. The molecule has 7 rings (SSSR count). The van der Waals surface area contributed by atoms with E-state index in [1.165, 1.54) is 49.4 Å². The number of fused-ring (bicyclic) bond motifs is 2. The molecule has 0 aromatic heterocycles. The molecule has 0 saturated heterocycles. The predicted molar refractivity (Wildman–Crippen MR) is 194 cm³/mol. The van der Waals surface area contributed by atoms with E-state index in [2.05, 4.69) is 161 Å². The number of hydrogen-bond acceptors (Lipinski definition) is 2. The Bertz CT molecular complexity index is 2110. The van der Waals surface area contributed by atoms with E-state index in [-0.39, 0.29) is 5.92 Å². The van der Waals surface area contributed by atoms with Crippen LogP contribution in [0.1, 0.15) is 26.3 Å². The van der Waals surface area contributed by atoms with Crippen LogP contribution in [0.2, 0.25) is 0 Å². The van der Waals surface area contributed by atoms with Crippen LogP contribution in [0.15, 0.2) is 158 Å². The molecule has 6 aromatic rings. The van der Waals surface area contributed by atoms with Gasteiger partial charge in [-0.1, -0.05) is 129 Å². The predicted octanol–water partition coefficient (Wildman–Crippen LogP) is 12.1. The van der Waals surface area contributed by atoms with Crippen molar-refractivity contribution >= 4 is 21.5 Å². The molecule has 0 N–H and O–H groups in total. The summed E-state index contributed by atoms with van der Waals surface area (Å²) in [5.41, 5.74) is 7.58. The van der Waals surface area contributed by atoms with Crippen molar-refractivity contribution in [3.63, 3.8) is 0 Å². The maximum absolute atomic E-state index is 7.15. The topological polar surface area (TPSA) is 18.5 Å². The third-order valence-electron chi connectivity index (χ3n) is 9.27. The first-order valence-electron chi connectivity index (χ1n) is 15.9. The summed E-state index contributed by atoms with van der Waals surface area (Å²) >= 11 is 0. The Kier molecular flexibility index (Phi) is 7.58. The van der Waals surface area contributed by atoms with Gasteiger partial charge in [-0.3, -0.25) is 0 Å². The Labute approximate surface area is 271 Å². The molecule has 1 unspecified atom stereocenters. The van der Waals surface area contributed by atoms with Gasteiger partial charge in [-0.2, -0.15) is 0 Å². The van der Waals surface area contributed by atoms with Crippen LogP contribution >= 0.6 is 0 Å². The van der Waals surface area contributed by atoms with Crippen LogP contribution in [0, 0.1) is 12.8 Å². The van der Waals surface area contributed by atoms with Gasteiger partial charge in [-0.05, 0) is 94.4 Å². The zero-order chi connectivity index (χ0) is 31.8. The number of benzene rings is 6. The highest BCUT2D eigenvalue weighted by Crippen LogP contribution is 2.48. The number of ether oxygens (including phenoxy) is 2. The van der Waals surface area contributed by atoms with Crippen LogP contribution in [-0.2, 0) is 4.74 Å². The maximum atomic E-state index is 7.15. The summed E-state index contributed by atoms with van der Waals surface area (Å²) in [7, 11) is 0. The Morgan fingerprint density at radius 1 is 0.652 bits per heavy atom. The summed E-state index contributed by atoms with van der Waals surface area (Å²) in [5, 5.41) is 4.82. The summed E-state index contributed by atoms with van der Waals surface area (Å²) in [5.74, 6) is 2.36. The van der Waals surface area contributed by atoms with Crippen molar-refractivity contribution in [2.75, 3.05) is 0 Å². The number of hydrogen-bond donors (Lipinski definition) is 0. The van der Waals surface area contributed by atoms with Crippen LogP contribution in [0.25, 0.3) is 54.9 Å². The highest BCUT2D eigenvalue weighted by Gasteiger charge is 2.33. The highest BCUT2D eigenvalue weighted by molar-refractivity contribution is 6.22. The van der Waals surface area contributed by atoms with Crippen molar-refractivity contribution in [2.45, 2.75) is 33.3 Å². The molecule has 226 valence electrons. The molecule has 0 spiro atoms. The molecule has 0 bridgehead atoms. The third kappa shape index (κ3) is 5.31. The molecule has 46 heavy (non-hydrogen) atoms. The summed E-state index contributed by atoms with van der Waals surface area (Å²) in [6.07, 6.45) is 6.13. The van der Waals surface area contributed by atoms with Crippen LogP contribution in [-0.4, -0.2) is 5.60 Å². The molecule has 0 amide bonds. The standard InChI is InChI=1S/C44H38O2/c1-29-15-13-24-40(43(29)46-44(5)26-25-31(3)45-32(4)27-30(44)2)42-38-22-11-9-20-36(38)41(37-21-10-12-23-39(37)42)35-19-14-18-34(28-35)33-16-7-6-8-17-33/h6-28,30H,3H2,1-2,4-5H3/b26-25-,32-27?/t30?,44-/m0/s1. The average Bonchev–Trinajstić information content (AvgIpc) is 3.07. The molecule has 0 aliphatic carbocycles. The molecule has 0 saturated carbocycles. The van der Waals surface area contributed by atoms with Crippen LogP contribution in [0.3, 0.4) is 0 Å². The number of rotatable bonds is 5. The van der Waals surface area contributed by atoms with Crippen molar-refractivity contribution in [1.82, 2.24) is 0 Å². The van der Waals surface area contributed by atoms with Gasteiger partial charge in [0.15, 0.2) is 0 Å². The molecule has 0 radical (unpaired) electrons. The Morgan fingerprint density at radius 3 is 1.89 bits per heavy atom. The molecule has 1 aliphatic heterocycles. The van der Waals surface area contributed by atoms with Crippen molar-refractivity contribution in [1.29, 1.82) is 0 Å². The van der Waals surface area contributed by atoms with Crippen molar-refractivity contribution < 1.29 is 9.47 Å². The second-order valence-electron chi connectivity index (χ2n) is 12.5. The lowest BCUT2D eigenvalue weighted by atomic mass is 9.84. The molecular weight excluding hydrogens is 560 g/mol. The Morgan fingerprint density at radius 2 is 1.22 bits per heavy atom. The molecule has 2 nitrogen and oxygen atoms in total. The molecule has 2 atom stereocenters. The fourth-order valence-electron chi connectivity index (χ4n) is 6.75. The zero-order valence-corrected chi connectivity index (χ0v) is 26.9. The van der Waals surface area contributed by atoms with Gasteiger partial charge < -0.3 is 9.47 Å². The highest BCUT2D eigenvalue weighted by atomic mass is 16.5. The van der Waals surface area contributed by atoms with E-state index in [1.807, 2.05) is 13.0 Å². The minimum atomic E-state index is -0.627. The first kappa shape index (κ1) is 29.4. The normalized spacial score (nSPS) is 18.8. The Hall–Kier alpha value is -5.34. The average molecular weight is 599 g/mol. The monoisotopic (exact) mass is 598 g/mol. The van der Waals surface area contributed by atoms with E-state index in [4.69, 9.17) is 9.47 Å². The van der Waals surface area contributed by atoms with Crippen molar-refractivity contribution in [2.24, 2.45) is 5.92 Å². The molecule has 2 heteroatoms. The van der Waals surface area contributed by atoms with Crippen LogP contribution < -0.4 is 4.74 Å². The third-order valence-corrected chi connectivity index (χ3v) is 9.27. The van der Waals surface area contributed by atoms with Crippen LogP contribution in [0.4, 0.5) is 0 Å². The van der Waals surface area contributed by atoms with E-state index in [1.54, 1.807) is 0 Å². The molecule has 0 fully saturated rings. The smallest absolute Gasteiger partial charge is 0.131 e. The van der Waals surface area contributed by atoms with Gasteiger partial charge >= 0.3 is 0 Å². The molecular formula is C44H38O2. The number of allylic oxidation sites excluding steroid dienone is 2. The van der Waals surface area contributed by atoms with Gasteiger partial charge in [0.25, 0.3) is 0 Å². The summed E-state index contributed by atoms with van der Waals surface area (Å²) in [4.78, 5) is 0. The molecule has 6 aromatic carbocycles. The van der Waals surface area contributed by atoms with Gasteiger partial charge in [-0.15, -0.1) is 0 Å². The van der Waals surface area contributed by atoms with E-state index in [9.17, 15) is 0 Å². The first-order valence-corrected chi connectivity index (χ1v) is 15.9. The largest absolute Gasteiger partial charge is 0.482 e. The van der Waals surface area contributed by atoms with E-state index in [0.717, 1.165) is 22.6 Å². The van der Waals surface area contributed by atoms with Gasteiger partial charge in [0.05, 0.1) is 5.76 Å².